The van der Waals surface area contributed by atoms with Crippen molar-refractivity contribution >= 4 is 17.7 Å². The molecule has 7 nitrogen and oxygen atoms in total. The summed E-state index contributed by atoms with van der Waals surface area (Å²) in [5, 5.41) is 16.5. The van der Waals surface area contributed by atoms with Crippen LogP contribution in [0.15, 0.2) is 10.1 Å². The molecule has 0 aliphatic heterocycles. The zero-order chi connectivity index (χ0) is 20.9. The van der Waals surface area contributed by atoms with Crippen molar-refractivity contribution in [1.29, 1.82) is 0 Å². The van der Waals surface area contributed by atoms with Crippen LogP contribution in [0, 0.1) is 5.92 Å². The normalized spacial score (nSPS) is 15.8. The van der Waals surface area contributed by atoms with Gasteiger partial charge in [0.15, 0.2) is 11.1 Å². The summed E-state index contributed by atoms with van der Waals surface area (Å²) in [6, 6.07) is 0. The molecule has 29 heavy (non-hydrogen) atoms. The van der Waals surface area contributed by atoms with Crippen LogP contribution in [0.3, 0.4) is 0 Å². The van der Waals surface area contributed by atoms with E-state index in [0.717, 1.165) is 62.4 Å². The Bertz CT molecular complexity index is 598. The Labute approximate surface area is 180 Å². The first-order valence-electron chi connectivity index (χ1n) is 11.2. The third-order valence-corrected chi connectivity index (χ3v) is 5.80. The van der Waals surface area contributed by atoms with Gasteiger partial charge in [-0.2, -0.15) is 0 Å². The molecule has 2 N–H and O–H groups in total. The number of nitrogens with zero attached hydrogens (tertiary/aromatic N) is 4. The molecule has 1 fully saturated rings. The highest BCUT2D eigenvalue weighted by atomic mass is 32.2. The molecule has 0 saturated heterocycles. The van der Waals surface area contributed by atoms with Gasteiger partial charge in [-0.15, -0.1) is 10.2 Å². The number of aryl methyl sites for hydroxylation is 1. The van der Waals surface area contributed by atoms with E-state index in [0.29, 0.717) is 12.0 Å². The fraction of sp³-hybridized carbons (Fsp3) is 0.857. The van der Waals surface area contributed by atoms with Gasteiger partial charge in [-0.05, 0) is 37.9 Å². The van der Waals surface area contributed by atoms with Crippen molar-refractivity contribution in [3.05, 3.63) is 5.82 Å². The highest BCUT2D eigenvalue weighted by molar-refractivity contribution is 7.98. The van der Waals surface area contributed by atoms with Gasteiger partial charge in [0, 0.05) is 39.7 Å². The van der Waals surface area contributed by atoms with Crippen molar-refractivity contribution in [3.8, 4) is 0 Å². The maximum absolute atomic E-state index is 5.98. The standard InChI is InChI=1S/C21H40N6OS/c1-17(2)16-27-19(25-26-21(27)29-4)12-8-13-23-20(22-3)24-14-9-15-28-18-10-6-5-7-11-18/h17-18H,5-16H2,1-4H3,(H2,22,23,24). The lowest BCUT2D eigenvalue weighted by Crippen LogP contribution is -2.38. The molecule has 0 bridgehead atoms. The lowest BCUT2D eigenvalue weighted by molar-refractivity contribution is 0.0277. The molecular formula is C21H40N6OS. The Balaban J connectivity index is 1.60. The zero-order valence-electron chi connectivity index (χ0n) is 18.7. The van der Waals surface area contributed by atoms with E-state index in [1.807, 2.05) is 7.05 Å². The Morgan fingerprint density at radius 3 is 2.55 bits per heavy atom. The maximum atomic E-state index is 5.98. The lowest BCUT2D eigenvalue weighted by atomic mass is 9.98. The van der Waals surface area contributed by atoms with Crippen molar-refractivity contribution in [2.24, 2.45) is 10.9 Å². The second kappa shape index (κ2) is 13.9. The van der Waals surface area contributed by atoms with Crippen LogP contribution in [-0.4, -0.2) is 59.8 Å². The number of guanidine groups is 1. The molecule has 1 aromatic heterocycles. The van der Waals surface area contributed by atoms with E-state index in [2.05, 4.69) is 50.5 Å². The summed E-state index contributed by atoms with van der Waals surface area (Å²) in [5.41, 5.74) is 0. The molecule has 1 aliphatic carbocycles. The molecule has 0 unspecified atom stereocenters. The van der Waals surface area contributed by atoms with Crippen LogP contribution in [0.2, 0.25) is 0 Å². The van der Waals surface area contributed by atoms with Crippen LogP contribution in [-0.2, 0) is 17.7 Å². The molecule has 0 spiro atoms. The topological polar surface area (TPSA) is 76.4 Å². The predicted octanol–water partition coefficient (Wildman–Crippen LogP) is 3.49. The minimum absolute atomic E-state index is 0.491. The summed E-state index contributed by atoms with van der Waals surface area (Å²) < 4.78 is 8.24. The van der Waals surface area contributed by atoms with Crippen LogP contribution < -0.4 is 10.6 Å². The highest BCUT2D eigenvalue weighted by Gasteiger charge is 2.13. The highest BCUT2D eigenvalue weighted by Crippen LogP contribution is 2.20. The summed E-state index contributed by atoms with van der Waals surface area (Å²) in [5.74, 6) is 2.52. The molecule has 0 atom stereocenters. The largest absolute Gasteiger partial charge is 0.378 e. The molecule has 2 rings (SSSR count). The summed E-state index contributed by atoms with van der Waals surface area (Å²) in [4.78, 5) is 4.31. The van der Waals surface area contributed by atoms with Crippen LogP contribution in [0.5, 0.6) is 0 Å². The number of aliphatic imine (C=N–C) groups is 1. The quantitative estimate of drug-likeness (QED) is 0.231. The fourth-order valence-electron chi connectivity index (χ4n) is 3.64. The average Bonchev–Trinajstić information content (AvgIpc) is 3.11. The smallest absolute Gasteiger partial charge is 0.190 e. The first-order valence-corrected chi connectivity index (χ1v) is 12.4. The minimum Gasteiger partial charge on any atom is -0.378 e. The molecule has 1 aromatic rings. The molecule has 8 heteroatoms. The molecule has 1 aliphatic rings. The van der Waals surface area contributed by atoms with Crippen molar-refractivity contribution in [2.75, 3.05) is 33.0 Å². The van der Waals surface area contributed by atoms with Crippen LogP contribution in [0.25, 0.3) is 0 Å². The summed E-state index contributed by atoms with van der Waals surface area (Å²) in [6.45, 7) is 8.00. The van der Waals surface area contributed by atoms with Gasteiger partial charge in [0.25, 0.3) is 0 Å². The van der Waals surface area contributed by atoms with E-state index in [1.165, 1.54) is 32.1 Å². The van der Waals surface area contributed by atoms with Crippen molar-refractivity contribution in [1.82, 2.24) is 25.4 Å². The third-order valence-electron chi connectivity index (χ3n) is 5.14. The van der Waals surface area contributed by atoms with Crippen molar-refractivity contribution in [2.45, 2.75) is 83.0 Å². The number of nitrogens with one attached hydrogen (secondary N) is 2. The molecule has 1 heterocycles. The Morgan fingerprint density at radius 2 is 1.90 bits per heavy atom. The van der Waals surface area contributed by atoms with E-state index in [4.69, 9.17) is 4.74 Å². The van der Waals surface area contributed by atoms with Gasteiger partial charge in [0.2, 0.25) is 0 Å². The Morgan fingerprint density at radius 1 is 1.17 bits per heavy atom. The van der Waals surface area contributed by atoms with Gasteiger partial charge in [0.1, 0.15) is 5.82 Å². The Hall–Kier alpha value is -1.28. The number of thioether (sulfide) groups is 1. The molecular weight excluding hydrogens is 384 g/mol. The second-order valence-corrected chi connectivity index (χ2v) is 8.89. The minimum atomic E-state index is 0.491. The van der Waals surface area contributed by atoms with Crippen molar-refractivity contribution < 1.29 is 4.74 Å². The lowest BCUT2D eigenvalue weighted by Gasteiger charge is -2.22. The second-order valence-electron chi connectivity index (χ2n) is 8.12. The van der Waals surface area contributed by atoms with E-state index in [1.54, 1.807) is 11.8 Å². The molecule has 0 aromatic carbocycles. The third kappa shape index (κ3) is 8.95. The van der Waals surface area contributed by atoms with E-state index < -0.39 is 0 Å². The summed E-state index contributed by atoms with van der Waals surface area (Å²) in [7, 11) is 1.82. The zero-order valence-corrected chi connectivity index (χ0v) is 19.6. The van der Waals surface area contributed by atoms with E-state index in [9.17, 15) is 0 Å². The summed E-state index contributed by atoms with van der Waals surface area (Å²) in [6.07, 6.45) is 12.0. The summed E-state index contributed by atoms with van der Waals surface area (Å²) >= 11 is 1.66. The number of hydrogen-bond acceptors (Lipinski definition) is 5. The molecule has 0 radical (unpaired) electrons. The van der Waals surface area contributed by atoms with Crippen molar-refractivity contribution in [3.63, 3.8) is 0 Å². The van der Waals surface area contributed by atoms with E-state index in [-0.39, 0.29) is 0 Å². The number of rotatable bonds is 12. The predicted molar refractivity (Wildman–Crippen MR) is 122 cm³/mol. The van der Waals surface area contributed by atoms with Gasteiger partial charge in [-0.25, -0.2) is 0 Å². The van der Waals surface area contributed by atoms with Crippen LogP contribution >= 0.6 is 11.8 Å². The number of ether oxygens (including phenoxy) is 1. The maximum Gasteiger partial charge on any atom is 0.190 e. The van der Waals surface area contributed by atoms with Gasteiger partial charge < -0.3 is 19.9 Å². The van der Waals surface area contributed by atoms with Gasteiger partial charge in [-0.1, -0.05) is 44.9 Å². The first-order chi connectivity index (χ1) is 14.1. The fourth-order valence-corrected chi connectivity index (χ4v) is 4.16. The van der Waals surface area contributed by atoms with Gasteiger partial charge in [-0.3, -0.25) is 4.99 Å². The van der Waals surface area contributed by atoms with Crippen LogP contribution in [0.4, 0.5) is 0 Å². The average molecular weight is 425 g/mol. The number of hydrogen-bond donors (Lipinski definition) is 2. The monoisotopic (exact) mass is 424 g/mol. The molecule has 0 amide bonds. The van der Waals surface area contributed by atoms with Gasteiger partial charge >= 0.3 is 0 Å². The van der Waals surface area contributed by atoms with Crippen LogP contribution in [0.1, 0.15) is 64.6 Å². The van der Waals surface area contributed by atoms with E-state index >= 15 is 0 Å². The SMILES string of the molecule is CN=C(NCCCOC1CCCCC1)NCCCc1nnc(SC)n1CC(C)C. The van der Waals surface area contributed by atoms with Gasteiger partial charge in [0.05, 0.1) is 6.10 Å². The first kappa shape index (κ1) is 24.0. The Kier molecular flexibility index (Phi) is 11.5. The molecule has 166 valence electrons. The molecule has 1 saturated carbocycles. The number of aromatic nitrogens is 3.